The zero-order valence-electron chi connectivity index (χ0n) is 9.64. The molecule has 90 valence electrons. The number of carboxylic acid groups (broad SMARTS) is 1. The summed E-state index contributed by atoms with van der Waals surface area (Å²) in [7, 11) is 1.49. The summed E-state index contributed by atoms with van der Waals surface area (Å²) in [5.74, 6) is 3.05. The molecule has 0 aliphatic heterocycles. The molecule has 17 heavy (non-hydrogen) atoms. The summed E-state index contributed by atoms with van der Waals surface area (Å²) in [6.45, 7) is 0.196. The molecular formula is C12H13NO3S. The number of benzene rings is 1. The maximum Gasteiger partial charge on any atom is 0.411 e. The van der Waals surface area contributed by atoms with E-state index in [-0.39, 0.29) is 6.61 Å². The normalized spacial score (nSPS) is 9.47. The van der Waals surface area contributed by atoms with Gasteiger partial charge >= 0.3 is 6.09 Å². The lowest BCUT2D eigenvalue weighted by Crippen LogP contribution is -2.23. The fourth-order valence-electron chi connectivity index (χ4n) is 1.21. The van der Waals surface area contributed by atoms with Gasteiger partial charge in [0.15, 0.2) is 0 Å². The quantitative estimate of drug-likeness (QED) is 0.660. The van der Waals surface area contributed by atoms with E-state index < -0.39 is 6.09 Å². The molecular weight excluding hydrogens is 238 g/mol. The predicted octanol–water partition coefficient (Wildman–Crippen LogP) is 2.53. The third-order valence-corrected chi connectivity index (χ3v) is 2.89. The summed E-state index contributed by atoms with van der Waals surface area (Å²) in [4.78, 5) is 12.8. The Kier molecular flexibility index (Phi) is 4.73. The second-order valence-corrected chi connectivity index (χ2v) is 4.02. The minimum atomic E-state index is -1.01. The molecule has 0 fully saturated rings. The minimum absolute atomic E-state index is 0.196. The molecule has 0 saturated heterocycles. The largest absolute Gasteiger partial charge is 0.480 e. The monoisotopic (exact) mass is 251 g/mol. The zero-order chi connectivity index (χ0) is 12.8. The molecule has 0 atom stereocenters. The maximum atomic E-state index is 10.8. The van der Waals surface area contributed by atoms with Crippen LogP contribution in [0.15, 0.2) is 23.1 Å². The first kappa shape index (κ1) is 13.3. The van der Waals surface area contributed by atoms with E-state index in [0.717, 1.165) is 9.80 Å². The first-order valence-corrected chi connectivity index (χ1v) is 6.03. The molecule has 4 nitrogen and oxygen atoms in total. The molecule has 5 heteroatoms. The number of ether oxygens (including phenoxy) is 1. The Bertz CT molecular complexity index is 454. The van der Waals surface area contributed by atoms with Crippen LogP contribution in [-0.2, 0) is 0 Å². The van der Waals surface area contributed by atoms with Gasteiger partial charge in [0.2, 0.25) is 0 Å². The van der Waals surface area contributed by atoms with E-state index in [1.54, 1.807) is 18.2 Å². The van der Waals surface area contributed by atoms with Gasteiger partial charge in [-0.05, 0) is 24.5 Å². The number of thioether (sulfide) groups is 1. The molecule has 0 heterocycles. The van der Waals surface area contributed by atoms with E-state index in [2.05, 4.69) is 5.92 Å². The topological polar surface area (TPSA) is 49.8 Å². The highest BCUT2D eigenvalue weighted by molar-refractivity contribution is 7.98. The Morgan fingerprint density at radius 2 is 2.35 bits per heavy atom. The van der Waals surface area contributed by atoms with Crippen molar-refractivity contribution in [1.82, 2.24) is 0 Å². The predicted molar refractivity (Wildman–Crippen MR) is 69.0 cm³/mol. The smallest absolute Gasteiger partial charge is 0.411 e. The molecule has 0 unspecified atom stereocenters. The van der Waals surface area contributed by atoms with Crippen molar-refractivity contribution in [3.63, 3.8) is 0 Å². The first-order valence-electron chi connectivity index (χ1n) is 4.81. The number of amides is 1. The molecule has 0 radical (unpaired) electrons. The Morgan fingerprint density at radius 1 is 1.65 bits per heavy atom. The Balaban J connectivity index is 3.00. The number of rotatable bonds is 4. The van der Waals surface area contributed by atoms with Crippen molar-refractivity contribution in [2.75, 3.05) is 24.8 Å². The molecule has 0 aliphatic carbocycles. The van der Waals surface area contributed by atoms with Crippen LogP contribution in [0.25, 0.3) is 0 Å². The zero-order valence-corrected chi connectivity index (χ0v) is 10.5. The van der Waals surface area contributed by atoms with E-state index in [1.165, 1.54) is 18.8 Å². The van der Waals surface area contributed by atoms with Crippen molar-refractivity contribution in [2.45, 2.75) is 4.90 Å². The van der Waals surface area contributed by atoms with Gasteiger partial charge in [-0.3, -0.25) is 4.90 Å². The molecule has 1 N–H and O–H groups in total. The summed E-state index contributed by atoms with van der Waals surface area (Å²) >= 11 is 1.48. The minimum Gasteiger partial charge on any atom is -0.480 e. The van der Waals surface area contributed by atoms with Crippen LogP contribution in [0.1, 0.15) is 0 Å². The van der Waals surface area contributed by atoms with Gasteiger partial charge in [0, 0.05) is 12.7 Å². The van der Waals surface area contributed by atoms with Crippen LogP contribution in [0, 0.1) is 12.3 Å². The lowest BCUT2D eigenvalue weighted by atomic mass is 10.3. The van der Waals surface area contributed by atoms with Crippen molar-refractivity contribution in [2.24, 2.45) is 0 Å². The third kappa shape index (κ3) is 3.33. The van der Waals surface area contributed by atoms with Crippen LogP contribution in [0.5, 0.6) is 5.75 Å². The molecule has 1 aromatic rings. The van der Waals surface area contributed by atoms with Crippen LogP contribution in [0.4, 0.5) is 10.5 Å². The average Bonchev–Trinajstić information content (AvgIpc) is 2.35. The molecule has 1 rings (SSSR count). The van der Waals surface area contributed by atoms with Gasteiger partial charge in [-0.1, -0.05) is 5.92 Å². The summed E-state index contributed by atoms with van der Waals surface area (Å²) in [5.41, 5.74) is 0.593. The van der Waals surface area contributed by atoms with E-state index in [1.807, 2.05) is 6.26 Å². The second-order valence-electron chi connectivity index (χ2n) is 3.17. The van der Waals surface area contributed by atoms with Crippen LogP contribution in [0.3, 0.4) is 0 Å². The number of hydrogen-bond donors (Lipinski definition) is 1. The lowest BCUT2D eigenvalue weighted by molar-refractivity contribution is 0.203. The van der Waals surface area contributed by atoms with Gasteiger partial charge in [-0.2, -0.15) is 0 Å². The SMILES string of the molecule is C#CCOc1ccc(N(C)C(=O)O)cc1SC. The summed E-state index contributed by atoms with van der Waals surface area (Å²) in [6, 6.07) is 5.16. The highest BCUT2D eigenvalue weighted by Crippen LogP contribution is 2.31. The van der Waals surface area contributed by atoms with Gasteiger partial charge in [-0.25, -0.2) is 4.79 Å². The fourth-order valence-corrected chi connectivity index (χ4v) is 1.78. The number of anilines is 1. The second kappa shape index (κ2) is 6.06. The van der Waals surface area contributed by atoms with Crippen LogP contribution in [0.2, 0.25) is 0 Å². The van der Waals surface area contributed by atoms with Gasteiger partial charge < -0.3 is 9.84 Å². The van der Waals surface area contributed by atoms with Gasteiger partial charge in [0.25, 0.3) is 0 Å². The molecule has 1 amide bonds. The van der Waals surface area contributed by atoms with Crippen molar-refractivity contribution in [3.8, 4) is 18.1 Å². The van der Waals surface area contributed by atoms with E-state index in [0.29, 0.717) is 11.4 Å². The van der Waals surface area contributed by atoms with Crippen LogP contribution >= 0.6 is 11.8 Å². The van der Waals surface area contributed by atoms with Crippen molar-refractivity contribution in [3.05, 3.63) is 18.2 Å². The summed E-state index contributed by atoms with van der Waals surface area (Å²) in [6.07, 6.45) is 6.00. The standard InChI is InChI=1S/C12H13NO3S/c1-4-7-16-10-6-5-9(8-11(10)17-3)13(2)12(14)15/h1,5-6,8H,7H2,2-3H3,(H,14,15). The summed E-state index contributed by atoms with van der Waals surface area (Å²) < 4.78 is 5.35. The third-order valence-electron chi connectivity index (χ3n) is 2.13. The number of carbonyl (C=O) groups is 1. The van der Waals surface area contributed by atoms with Gasteiger partial charge in [0.1, 0.15) is 12.4 Å². The number of nitrogens with zero attached hydrogens (tertiary/aromatic N) is 1. The molecule has 0 bridgehead atoms. The molecule has 1 aromatic carbocycles. The Labute approximate surface area is 105 Å². The molecule has 0 saturated carbocycles. The van der Waals surface area contributed by atoms with Gasteiger partial charge in [-0.15, -0.1) is 18.2 Å². The number of terminal acetylenes is 1. The van der Waals surface area contributed by atoms with Crippen LogP contribution in [-0.4, -0.2) is 31.1 Å². The highest BCUT2D eigenvalue weighted by Gasteiger charge is 2.11. The first-order chi connectivity index (χ1) is 8.10. The molecule has 0 aromatic heterocycles. The number of hydrogen-bond acceptors (Lipinski definition) is 3. The highest BCUT2D eigenvalue weighted by atomic mass is 32.2. The van der Waals surface area contributed by atoms with Crippen molar-refractivity contribution >= 4 is 23.5 Å². The van der Waals surface area contributed by atoms with Crippen LogP contribution < -0.4 is 9.64 Å². The van der Waals surface area contributed by atoms with Crippen molar-refractivity contribution < 1.29 is 14.6 Å². The lowest BCUT2D eigenvalue weighted by Gasteiger charge is -2.15. The van der Waals surface area contributed by atoms with E-state index in [9.17, 15) is 4.79 Å². The average molecular weight is 251 g/mol. The Hall–Kier alpha value is -1.80. The van der Waals surface area contributed by atoms with Gasteiger partial charge in [0.05, 0.1) is 4.90 Å². The van der Waals surface area contributed by atoms with E-state index in [4.69, 9.17) is 16.3 Å². The summed E-state index contributed by atoms with van der Waals surface area (Å²) in [5, 5.41) is 8.87. The van der Waals surface area contributed by atoms with Crippen molar-refractivity contribution in [1.29, 1.82) is 0 Å². The molecule has 0 aliphatic rings. The molecule has 0 spiro atoms. The van der Waals surface area contributed by atoms with E-state index >= 15 is 0 Å². The maximum absolute atomic E-state index is 10.8. The fraction of sp³-hybridized carbons (Fsp3) is 0.250. The Morgan fingerprint density at radius 3 is 2.88 bits per heavy atom.